The van der Waals surface area contributed by atoms with Crippen LogP contribution >= 0.6 is 11.6 Å². The van der Waals surface area contributed by atoms with Gasteiger partial charge in [0.15, 0.2) is 11.5 Å². The van der Waals surface area contributed by atoms with Crippen LogP contribution in [-0.4, -0.2) is 62.8 Å². The number of halogens is 1. The summed E-state index contributed by atoms with van der Waals surface area (Å²) in [6.45, 7) is 11.1. The van der Waals surface area contributed by atoms with Gasteiger partial charge < -0.3 is 14.8 Å². The van der Waals surface area contributed by atoms with Gasteiger partial charge in [-0.15, -0.1) is 0 Å². The lowest BCUT2D eigenvalue weighted by molar-refractivity contribution is -0.0650. The van der Waals surface area contributed by atoms with Gasteiger partial charge in [-0.1, -0.05) is 49.7 Å². The third kappa shape index (κ3) is 5.13. The number of piperidine rings is 1. The number of rotatable bonds is 7. The topological polar surface area (TPSA) is 37.0 Å². The molecule has 6 heteroatoms. The molecule has 5 nitrogen and oxygen atoms in total. The fourth-order valence-corrected chi connectivity index (χ4v) is 7.22. The molecule has 0 aromatic heterocycles. The standard InChI is InChI=1S/C30H42ClN3O2/c1-21(2)24-7-5-6-8-25(24)27-20-33(19-22-15-26(31)29(36-4)28(16-22)35-3)13-14-34(27)23-17-30(18-23)9-11-32-12-10-30/h5-8,15-16,21,23,27,32H,9-14,17-20H2,1-4H3. The van der Waals surface area contributed by atoms with Gasteiger partial charge in [0.2, 0.25) is 0 Å². The second kappa shape index (κ2) is 10.9. The number of nitrogens with one attached hydrogen (secondary N) is 1. The van der Waals surface area contributed by atoms with Crippen molar-refractivity contribution in [3.8, 4) is 11.5 Å². The first kappa shape index (κ1) is 25.8. The Morgan fingerprint density at radius 3 is 2.50 bits per heavy atom. The van der Waals surface area contributed by atoms with Gasteiger partial charge in [0.25, 0.3) is 0 Å². The first-order valence-corrected chi connectivity index (χ1v) is 14.0. The number of ether oxygens (including phenoxy) is 2. The van der Waals surface area contributed by atoms with Crippen LogP contribution in [0.2, 0.25) is 5.02 Å². The maximum absolute atomic E-state index is 6.54. The lowest BCUT2D eigenvalue weighted by Gasteiger charge is -2.57. The van der Waals surface area contributed by atoms with Crippen LogP contribution in [0.5, 0.6) is 11.5 Å². The molecule has 1 spiro atoms. The van der Waals surface area contributed by atoms with Gasteiger partial charge in [-0.25, -0.2) is 0 Å². The number of hydrogen-bond donors (Lipinski definition) is 1. The second-order valence-corrected chi connectivity index (χ2v) is 11.8. The van der Waals surface area contributed by atoms with E-state index in [1.165, 1.54) is 55.5 Å². The zero-order valence-corrected chi connectivity index (χ0v) is 23.1. The molecule has 0 bridgehead atoms. The minimum absolute atomic E-state index is 0.414. The van der Waals surface area contributed by atoms with Crippen LogP contribution in [0.25, 0.3) is 0 Å². The van der Waals surface area contributed by atoms with Gasteiger partial charge in [0, 0.05) is 38.3 Å². The van der Waals surface area contributed by atoms with Crippen molar-refractivity contribution in [3.05, 3.63) is 58.1 Å². The van der Waals surface area contributed by atoms with Crippen LogP contribution in [0.3, 0.4) is 0 Å². The van der Waals surface area contributed by atoms with Crippen molar-refractivity contribution in [2.45, 2.75) is 64.1 Å². The highest BCUT2D eigenvalue weighted by molar-refractivity contribution is 6.32. The highest BCUT2D eigenvalue weighted by atomic mass is 35.5. The lowest BCUT2D eigenvalue weighted by atomic mass is 9.60. The van der Waals surface area contributed by atoms with Crippen LogP contribution in [0.4, 0.5) is 0 Å². The summed E-state index contributed by atoms with van der Waals surface area (Å²) in [6.07, 6.45) is 5.41. The molecule has 5 rings (SSSR count). The molecular weight excluding hydrogens is 470 g/mol. The van der Waals surface area contributed by atoms with Crippen molar-refractivity contribution in [2.24, 2.45) is 5.41 Å². The van der Waals surface area contributed by atoms with Crippen molar-refractivity contribution < 1.29 is 9.47 Å². The molecular formula is C30H42ClN3O2. The Labute approximate surface area is 222 Å². The molecule has 1 N–H and O–H groups in total. The summed E-state index contributed by atoms with van der Waals surface area (Å²) in [5.74, 6) is 1.82. The quantitative estimate of drug-likeness (QED) is 0.503. The van der Waals surface area contributed by atoms with Gasteiger partial charge in [0.1, 0.15) is 0 Å². The number of nitrogens with zero attached hydrogens (tertiary/aromatic N) is 2. The van der Waals surface area contributed by atoms with E-state index in [9.17, 15) is 0 Å². The van der Waals surface area contributed by atoms with Crippen LogP contribution in [-0.2, 0) is 6.54 Å². The molecule has 3 aliphatic rings. The maximum Gasteiger partial charge on any atom is 0.179 e. The van der Waals surface area contributed by atoms with Crippen LogP contribution in [0.1, 0.15) is 68.2 Å². The Bertz CT molecular complexity index is 1040. The van der Waals surface area contributed by atoms with Gasteiger partial charge in [0.05, 0.1) is 19.2 Å². The third-order valence-electron chi connectivity index (χ3n) is 8.85. The van der Waals surface area contributed by atoms with E-state index in [1.54, 1.807) is 14.2 Å². The Morgan fingerprint density at radius 1 is 1.06 bits per heavy atom. The van der Waals surface area contributed by atoms with E-state index >= 15 is 0 Å². The van der Waals surface area contributed by atoms with Crippen molar-refractivity contribution in [2.75, 3.05) is 46.9 Å². The zero-order valence-electron chi connectivity index (χ0n) is 22.4. The highest BCUT2D eigenvalue weighted by Crippen LogP contribution is 2.52. The second-order valence-electron chi connectivity index (χ2n) is 11.4. The molecule has 0 radical (unpaired) electrons. The minimum atomic E-state index is 0.414. The van der Waals surface area contributed by atoms with Gasteiger partial charge in [-0.3, -0.25) is 9.80 Å². The van der Waals surface area contributed by atoms with E-state index < -0.39 is 0 Å². The highest BCUT2D eigenvalue weighted by Gasteiger charge is 2.49. The van der Waals surface area contributed by atoms with Crippen LogP contribution in [0.15, 0.2) is 36.4 Å². The SMILES string of the molecule is COc1cc(CN2CCN(C3CC4(CCNCC4)C3)C(c3ccccc3C(C)C)C2)cc(Cl)c1OC. The van der Waals surface area contributed by atoms with E-state index in [1.807, 2.05) is 6.07 Å². The summed E-state index contributed by atoms with van der Waals surface area (Å²) in [7, 11) is 3.30. The summed E-state index contributed by atoms with van der Waals surface area (Å²) in [5.41, 5.74) is 4.75. The van der Waals surface area contributed by atoms with Gasteiger partial charge >= 0.3 is 0 Å². The van der Waals surface area contributed by atoms with E-state index in [0.717, 1.165) is 26.2 Å². The summed E-state index contributed by atoms with van der Waals surface area (Å²) in [5, 5.41) is 4.16. The Morgan fingerprint density at radius 2 is 1.81 bits per heavy atom. The summed E-state index contributed by atoms with van der Waals surface area (Å²) in [4.78, 5) is 5.45. The van der Waals surface area contributed by atoms with Gasteiger partial charge in [-0.05, 0) is 78.9 Å². The smallest absolute Gasteiger partial charge is 0.179 e. The molecule has 2 aromatic rings. The molecule has 1 saturated carbocycles. The maximum atomic E-state index is 6.54. The van der Waals surface area contributed by atoms with Crippen molar-refractivity contribution >= 4 is 11.6 Å². The Hall–Kier alpha value is -1.79. The van der Waals surface area contributed by atoms with Crippen molar-refractivity contribution in [1.82, 2.24) is 15.1 Å². The summed E-state index contributed by atoms with van der Waals surface area (Å²) in [6, 6.07) is 14.3. The number of benzene rings is 2. The molecule has 1 unspecified atom stereocenters. The predicted octanol–water partition coefficient (Wildman–Crippen LogP) is 5.87. The molecule has 36 heavy (non-hydrogen) atoms. The van der Waals surface area contributed by atoms with Crippen LogP contribution in [0, 0.1) is 5.41 Å². The zero-order chi connectivity index (χ0) is 25.3. The molecule has 2 aromatic carbocycles. The first-order chi connectivity index (χ1) is 17.4. The Kier molecular flexibility index (Phi) is 7.83. The molecule has 3 fully saturated rings. The normalized spacial score (nSPS) is 23.1. The van der Waals surface area contributed by atoms with E-state index in [0.29, 0.717) is 39.9 Å². The molecule has 0 amide bonds. The summed E-state index contributed by atoms with van der Waals surface area (Å²) >= 11 is 6.54. The number of methoxy groups -OCH3 is 2. The third-order valence-corrected chi connectivity index (χ3v) is 9.13. The Balaban J connectivity index is 1.38. The van der Waals surface area contributed by atoms with E-state index in [-0.39, 0.29) is 0 Å². The average molecular weight is 512 g/mol. The predicted molar refractivity (Wildman–Crippen MR) is 147 cm³/mol. The monoisotopic (exact) mass is 511 g/mol. The summed E-state index contributed by atoms with van der Waals surface area (Å²) < 4.78 is 11.0. The number of hydrogen-bond acceptors (Lipinski definition) is 5. The molecule has 2 saturated heterocycles. The lowest BCUT2D eigenvalue weighted by Crippen LogP contribution is -2.59. The van der Waals surface area contributed by atoms with Crippen molar-refractivity contribution in [1.29, 1.82) is 0 Å². The molecule has 1 atom stereocenters. The molecule has 1 aliphatic carbocycles. The first-order valence-electron chi connectivity index (χ1n) is 13.6. The average Bonchev–Trinajstić information content (AvgIpc) is 2.87. The largest absolute Gasteiger partial charge is 0.493 e. The van der Waals surface area contributed by atoms with Crippen molar-refractivity contribution in [3.63, 3.8) is 0 Å². The number of piperazine rings is 1. The molecule has 196 valence electrons. The van der Waals surface area contributed by atoms with Crippen LogP contribution < -0.4 is 14.8 Å². The minimum Gasteiger partial charge on any atom is -0.493 e. The molecule has 2 aliphatic heterocycles. The van der Waals surface area contributed by atoms with E-state index in [2.05, 4.69) is 59.3 Å². The fraction of sp³-hybridized carbons (Fsp3) is 0.600. The van der Waals surface area contributed by atoms with E-state index in [4.69, 9.17) is 21.1 Å². The fourth-order valence-electron chi connectivity index (χ4n) is 6.91. The molecule has 2 heterocycles. The van der Waals surface area contributed by atoms with Gasteiger partial charge in [-0.2, -0.15) is 0 Å².